The van der Waals surface area contributed by atoms with Crippen LogP contribution < -0.4 is 10.6 Å². The third-order valence-corrected chi connectivity index (χ3v) is 3.83. The van der Waals surface area contributed by atoms with Gasteiger partial charge in [0.05, 0.1) is 0 Å². The zero-order valence-electron chi connectivity index (χ0n) is 14.2. The molecule has 0 spiro atoms. The lowest BCUT2D eigenvalue weighted by Crippen LogP contribution is -2.18. The average molecular weight is 337 g/mol. The van der Waals surface area contributed by atoms with Gasteiger partial charge in [-0.2, -0.15) is 5.26 Å². The maximum atomic E-state index is 12.9. The Labute approximate surface area is 147 Å². The molecule has 5 heteroatoms. The van der Waals surface area contributed by atoms with Gasteiger partial charge in [0.15, 0.2) is 0 Å². The fourth-order valence-electron chi connectivity index (χ4n) is 2.23. The van der Waals surface area contributed by atoms with Crippen LogP contribution in [0.2, 0.25) is 0 Å². The first-order valence-corrected chi connectivity index (χ1v) is 8.05. The standard InChI is InChI=1S/C20H20FN3O/c1-3-15-4-6-16(7-5-15)14(2)23-13-17(12-22)20(25)24-19-10-8-18(21)9-11-19/h4-11,13-14,23H,3H2,1-2H3,(H,24,25)/b17-13-. The molecule has 2 aromatic carbocycles. The van der Waals surface area contributed by atoms with Crippen molar-refractivity contribution in [1.29, 1.82) is 5.26 Å². The number of hydrogen-bond acceptors (Lipinski definition) is 3. The number of carbonyl (C=O) groups excluding carboxylic acids is 1. The normalized spacial score (nSPS) is 12.2. The summed E-state index contributed by atoms with van der Waals surface area (Å²) in [5.41, 5.74) is 2.68. The molecule has 0 radical (unpaired) electrons. The summed E-state index contributed by atoms with van der Waals surface area (Å²) in [5, 5.41) is 14.8. The first-order valence-electron chi connectivity index (χ1n) is 8.05. The Hall–Kier alpha value is -3.13. The van der Waals surface area contributed by atoms with Crippen molar-refractivity contribution in [3.8, 4) is 6.07 Å². The first kappa shape index (κ1) is 18.2. The molecule has 0 saturated heterocycles. The summed E-state index contributed by atoms with van der Waals surface area (Å²) < 4.78 is 12.9. The van der Waals surface area contributed by atoms with E-state index >= 15 is 0 Å². The summed E-state index contributed by atoms with van der Waals surface area (Å²) in [7, 11) is 0. The third kappa shape index (κ3) is 5.18. The van der Waals surface area contributed by atoms with Gasteiger partial charge in [-0.05, 0) is 48.7 Å². The van der Waals surface area contributed by atoms with E-state index in [0.29, 0.717) is 5.69 Å². The second kappa shape index (κ2) is 8.65. The van der Waals surface area contributed by atoms with Crippen molar-refractivity contribution in [2.45, 2.75) is 26.3 Å². The number of nitrogens with zero attached hydrogens (tertiary/aromatic N) is 1. The molecular formula is C20H20FN3O. The van der Waals surface area contributed by atoms with E-state index < -0.39 is 11.7 Å². The topological polar surface area (TPSA) is 64.9 Å². The van der Waals surface area contributed by atoms with Gasteiger partial charge in [0.2, 0.25) is 0 Å². The molecule has 0 fully saturated rings. The number of anilines is 1. The number of hydrogen-bond donors (Lipinski definition) is 2. The number of aryl methyl sites for hydroxylation is 1. The lowest BCUT2D eigenvalue weighted by atomic mass is 10.1. The molecule has 1 unspecified atom stereocenters. The molecule has 0 saturated carbocycles. The molecule has 1 amide bonds. The minimum Gasteiger partial charge on any atom is -0.383 e. The Kier molecular flexibility index (Phi) is 6.30. The Morgan fingerprint density at radius 2 is 1.84 bits per heavy atom. The summed E-state index contributed by atoms with van der Waals surface area (Å²) in [6.45, 7) is 4.04. The molecule has 2 N–H and O–H groups in total. The fraction of sp³-hybridized carbons (Fsp3) is 0.200. The fourth-order valence-corrected chi connectivity index (χ4v) is 2.23. The molecule has 2 aromatic rings. The molecule has 2 rings (SSSR count). The summed E-state index contributed by atoms with van der Waals surface area (Å²) in [6, 6.07) is 15.3. The number of carbonyl (C=O) groups is 1. The van der Waals surface area contributed by atoms with E-state index in [1.165, 1.54) is 36.0 Å². The van der Waals surface area contributed by atoms with Crippen LogP contribution in [-0.2, 0) is 11.2 Å². The predicted octanol–water partition coefficient (Wildman–Crippen LogP) is 4.08. The summed E-state index contributed by atoms with van der Waals surface area (Å²) in [5.74, 6) is -0.936. The molecule has 0 aliphatic rings. The van der Waals surface area contributed by atoms with Crippen LogP contribution in [-0.4, -0.2) is 5.91 Å². The smallest absolute Gasteiger partial charge is 0.267 e. The molecule has 0 aliphatic heterocycles. The number of benzene rings is 2. The van der Waals surface area contributed by atoms with Gasteiger partial charge in [-0.25, -0.2) is 4.39 Å². The maximum absolute atomic E-state index is 12.9. The second-order valence-corrected chi connectivity index (χ2v) is 5.61. The summed E-state index contributed by atoms with van der Waals surface area (Å²) in [4.78, 5) is 12.1. The second-order valence-electron chi connectivity index (χ2n) is 5.61. The van der Waals surface area contributed by atoms with Gasteiger partial charge in [0, 0.05) is 17.9 Å². The van der Waals surface area contributed by atoms with E-state index in [9.17, 15) is 14.4 Å². The minimum absolute atomic E-state index is 0.0483. The van der Waals surface area contributed by atoms with Gasteiger partial charge in [-0.15, -0.1) is 0 Å². The number of nitriles is 1. The quantitative estimate of drug-likeness (QED) is 0.616. The van der Waals surface area contributed by atoms with Crippen molar-refractivity contribution < 1.29 is 9.18 Å². The highest BCUT2D eigenvalue weighted by Gasteiger charge is 2.10. The molecule has 0 bridgehead atoms. The van der Waals surface area contributed by atoms with E-state index in [2.05, 4.69) is 29.7 Å². The average Bonchev–Trinajstić information content (AvgIpc) is 2.64. The Morgan fingerprint density at radius 1 is 1.20 bits per heavy atom. The summed E-state index contributed by atoms with van der Waals surface area (Å²) in [6.07, 6.45) is 2.38. The van der Waals surface area contributed by atoms with Gasteiger partial charge in [0.1, 0.15) is 17.5 Å². The Bertz CT molecular complexity index is 789. The minimum atomic E-state index is -0.546. The van der Waals surface area contributed by atoms with Crippen LogP contribution in [0.5, 0.6) is 0 Å². The largest absolute Gasteiger partial charge is 0.383 e. The number of nitrogens with one attached hydrogen (secondary N) is 2. The van der Waals surface area contributed by atoms with Crippen molar-refractivity contribution >= 4 is 11.6 Å². The van der Waals surface area contributed by atoms with Gasteiger partial charge in [0.25, 0.3) is 5.91 Å². The molecule has 0 aliphatic carbocycles. The molecule has 0 aromatic heterocycles. The van der Waals surface area contributed by atoms with E-state index in [-0.39, 0.29) is 11.6 Å². The van der Waals surface area contributed by atoms with Gasteiger partial charge in [-0.3, -0.25) is 4.79 Å². The molecular weight excluding hydrogens is 317 g/mol. The van der Waals surface area contributed by atoms with Crippen LogP contribution in [0.15, 0.2) is 60.3 Å². The Morgan fingerprint density at radius 3 is 2.40 bits per heavy atom. The van der Waals surface area contributed by atoms with Crippen molar-refractivity contribution in [3.05, 3.63) is 77.2 Å². The van der Waals surface area contributed by atoms with Crippen LogP contribution in [0.25, 0.3) is 0 Å². The van der Waals surface area contributed by atoms with Crippen molar-refractivity contribution in [2.24, 2.45) is 0 Å². The van der Waals surface area contributed by atoms with Crippen LogP contribution in [0, 0.1) is 17.1 Å². The highest BCUT2D eigenvalue weighted by atomic mass is 19.1. The SMILES string of the molecule is CCc1ccc(C(C)N/C=C(/C#N)C(=O)Nc2ccc(F)cc2)cc1. The van der Waals surface area contributed by atoms with E-state index in [1.807, 2.05) is 25.1 Å². The van der Waals surface area contributed by atoms with Crippen LogP contribution in [0.1, 0.15) is 31.0 Å². The van der Waals surface area contributed by atoms with Crippen molar-refractivity contribution in [2.75, 3.05) is 5.32 Å². The van der Waals surface area contributed by atoms with E-state index in [1.54, 1.807) is 0 Å². The maximum Gasteiger partial charge on any atom is 0.267 e. The van der Waals surface area contributed by atoms with Gasteiger partial charge in [-0.1, -0.05) is 31.2 Å². The van der Waals surface area contributed by atoms with Gasteiger partial charge < -0.3 is 10.6 Å². The number of halogens is 1. The van der Waals surface area contributed by atoms with E-state index in [4.69, 9.17) is 0 Å². The predicted molar refractivity (Wildman–Crippen MR) is 96.1 cm³/mol. The number of amides is 1. The highest BCUT2D eigenvalue weighted by molar-refractivity contribution is 6.06. The first-order chi connectivity index (χ1) is 12.0. The lowest BCUT2D eigenvalue weighted by molar-refractivity contribution is -0.112. The molecule has 25 heavy (non-hydrogen) atoms. The Balaban J connectivity index is 2.01. The monoisotopic (exact) mass is 337 g/mol. The number of rotatable bonds is 6. The molecule has 128 valence electrons. The third-order valence-electron chi connectivity index (χ3n) is 3.83. The molecule has 4 nitrogen and oxygen atoms in total. The zero-order valence-corrected chi connectivity index (χ0v) is 14.2. The van der Waals surface area contributed by atoms with Crippen LogP contribution in [0.4, 0.5) is 10.1 Å². The van der Waals surface area contributed by atoms with Crippen molar-refractivity contribution in [1.82, 2.24) is 5.32 Å². The van der Waals surface area contributed by atoms with Crippen LogP contribution >= 0.6 is 0 Å². The zero-order chi connectivity index (χ0) is 18.2. The van der Waals surface area contributed by atoms with E-state index in [0.717, 1.165) is 12.0 Å². The van der Waals surface area contributed by atoms with Crippen molar-refractivity contribution in [3.63, 3.8) is 0 Å². The molecule has 1 atom stereocenters. The summed E-state index contributed by atoms with van der Waals surface area (Å²) >= 11 is 0. The van der Waals surface area contributed by atoms with Gasteiger partial charge >= 0.3 is 0 Å². The molecule has 0 heterocycles. The highest BCUT2D eigenvalue weighted by Crippen LogP contribution is 2.14. The van der Waals surface area contributed by atoms with Crippen LogP contribution in [0.3, 0.4) is 0 Å². The lowest BCUT2D eigenvalue weighted by Gasteiger charge is -2.13.